The van der Waals surface area contributed by atoms with E-state index in [0.29, 0.717) is 29.7 Å². The van der Waals surface area contributed by atoms with E-state index in [-0.39, 0.29) is 23.7 Å². The summed E-state index contributed by atoms with van der Waals surface area (Å²) in [7, 11) is 1.81. The number of aromatic nitrogens is 5. The number of amides is 1. The van der Waals surface area contributed by atoms with Crippen LogP contribution in [0.1, 0.15) is 34.6 Å². The number of fused-ring (bicyclic) bond motifs is 2. The number of alkyl halides is 3. The van der Waals surface area contributed by atoms with Gasteiger partial charge in [0, 0.05) is 25.5 Å². The number of likely N-dealkylation sites (tertiary alicyclic amines) is 1. The summed E-state index contributed by atoms with van der Waals surface area (Å²) in [5.41, 5.74) is 0.719. The summed E-state index contributed by atoms with van der Waals surface area (Å²) in [5.74, 6) is 0.567. The molecule has 0 aromatic carbocycles. The third-order valence-corrected chi connectivity index (χ3v) is 6.49. The average molecular weight is 457 g/mol. The molecule has 1 saturated carbocycles. The molecule has 3 atom stereocenters. The van der Waals surface area contributed by atoms with Crippen molar-refractivity contribution in [1.82, 2.24) is 29.9 Å². The van der Waals surface area contributed by atoms with Crippen molar-refractivity contribution in [2.75, 3.05) is 18.5 Å². The number of anilines is 1. The van der Waals surface area contributed by atoms with Crippen LogP contribution in [0.2, 0.25) is 0 Å². The van der Waals surface area contributed by atoms with Gasteiger partial charge in [0.2, 0.25) is 0 Å². The zero-order valence-corrected chi connectivity index (χ0v) is 18.1. The van der Waals surface area contributed by atoms with Gasteiger partial charge in [-0.15, -0.1) is 4.80 Å². The molecule has 2 bridgehead atoms. The smallest absolute Gasteiger partial charge is 0.355 e. The fraction of sp³-hybridized carbons (Fsp3) is 0.409. The Morgan fingerprint density at radius 3 is 2.52 bits per heavy atom. The van der Waals surface area contributed by atoms with Crippen LogP contribution in [0, 0.1) is 12.8 Å². The highest BCUT2D eigenvalue weighted by atomic mass is 19.4. The average Bonchev–Trinajstić information content (AvgIpc) is 3.55. The highest BCUT2D eigenvalue weighted by Crippen LogP contribution is 2.42. The molecule has 1 saturated heterocycles. The first kappa shape index (κ1) is 21.4. The minimum atomic E-state index is -4.43. The summed E-state index contributed by atoms with van der Waals surface area (Å²) in [6.07, 6.45) is 1.18. The number of rotatable bonds is 4. The topological polar surface area (TPSA) is 80.0 Å². The molecule has 2 aliphatic rings. The second kappa shape index (κ2) is 7.82. The molecule has 5 rings (SSSR count). The second-order valence-corrected chi connectivity index (χ2v) is 8.58. The Morgan fingerprint density at radius 2 is 1.88 bits per heavy atom. The fourth-order valence-corrected chi connectivity index (χ4v) is 4.92. The first-order valence-corrected chi connectivity index (χ1v) is 10.6. The Labute approximate surface area is 188 Å². The predicted molar refractivity (Wildman–Crippen MR) is 113 cm³/mol. The molecule has 3 aromatic heterocycles. The van der Waals surface area contributed by atoms with Crippen molar-refractivity contribution in [3.63, 3.8) is 0 Å². The van der Waals surface area contributed by atoms with E-state index in [2.05, 4.69) is 20.2 Å². The lowest BCUT2D eigenvalue weighted by molar-refractivity contribution is -0.137. The van der Waals surface area contributed by atoms with Gasteiger partial charge >= 0.3 is 6.18 Å². The standard InChI is InChI=1S/C22H22F3N7O/c1-13-3-5-16(32-27-7-8-28-32)20(29-13)21(33)31-12-14-9-17(18(31)10-14)30(2)19-6-4-15(11-26-19)22(23,24)25/h3-8,11,14,17-18H,9-10,12H2,1-2H3/t14-,17?,18?/m0/s1. The molecule has 4 heterocycles. The minimum absolute atomic E-state index is 0.0481. The lowest BCUT2D eigenvalue weighted by Gasteiger charge is -2.38. The summed E-state index contributed by atoms with van der Waals surface area (Å²) in [6, 6.07) is 5.86. The summed E-state index contributed by atoms with van der Waals surface area (Å²) in [4.78, 5) is 27.2. The number of carbonyl (C=O) groups excluding carboxylic acids is 1. The van der Waals surface area contributed by atoms with Crippen molar-refractivity contribution in [1.29, 1.82) is 0 Å². The molecule has 2 fully saturated rings. The molecule has 2 unspecified atom stereocenters. The lowest BCUT2D eigenvalue weighted by atomic mass is 10.0. The largest absolute Gasteiger partial charge is 0.417 e. The third kappa shape index (κ3) is 3.81. The van der Waals surface area contributed by atoms with Gasteiger partial charge < -0.3 is 9.80 Å². The molecule has 0 spiro atoms. The lowest BCUT2D eigenvalue weighted by Crippen LogP contribution is -2.51. The number of likely N-dealkylation sites (N-methyl/N-ethyl adjacent to an activating group) is 1. The number of pyridine rings is 2. The Morgan fingerprint density at radius 1 is 1.12 bits per heavy atom. The van der Waals surface area contributed by atoms with E-state index in [1.807, 2.05) is 23.8 Å². The van der Waals surface area contributed by atoms with E-state index in [4.69, 9.17) is 0 Å². The van der Waals surface area contributed by atoms with Crippen LogP contribution in [0.5, 0.6) is 0 Å². The second-order valence-electron chi connectivity index (χ2n) is 8.58. The van der Waals surface area contributed by atoms with E-state index >= 15 is 0 Å². The molecule has 1 aliphatic heterocycles. The SMILES string of the molecule is Cc1ccc(-n2nccn2)c(C(=O)N2C[C@@H]3CC2C(N(C)c2ccc(C(F)(F)F)cn2)C3)n1. The van der Waals surface area contributed by atoms with Crippen LogP contribution in [0.25, 0.3) is 5.69 Å². The maximum absolute atomic E-state index is 13.6. The van der Waals surface area contributed by atoms with Gasteiger partial charge in [-0.2, -0.15) is 23.4 Å². The summed E-state index contributed by atoms with van der Waals surface area (Å²) < 4.78 is 38.7. The highest BCUT2D eigenvalue weighted by Gasteiger charge is 2.49. The van der Waals surface area contributed by atoms with Crippen LogP contribution >= 0.6 is 0 Å². The van der Waals surface area contributed by atoms with Crippen LogP contribution in [-0.2, 0) is 6.18 Å². The molecule has 1 amide bonds. The van der Waals surface area contributed by atoms with Gasteiger partial charge in [-0.1, -0.05) is 0 Å². The van der Waals surface area contributed by atoms with E-state index in [1.54, 1.807) is 12.1 Å². The highest BCUT2D eigenvalue weighted by molar-refractivity contribution is 5.96. The minimum Gasteiger partial charge on any atom is -0.355 e. The van der Waals surface area contributed by atoms with Crippen molar-refractivity contribution in [3.05, 3.63) is 59.8 Å². The molecular formula is C22H22F3N7O. The number of hydrogen-bond acceptors (Lipinski definition) is 6. The van der Waals surface area contributed by atoms with Gasteiger partial charge in [-0.3, -0.25) is 4.79 Å². The van der Waals surface area contributed by atoms with Crippen LogP contribution in [-0.4, -0.2) is 61.4 Å². The monoisotopic (exact) mass is 457 g/mol. The molecule has 33 heavy (non-hydrogen) atoms. The number of nitrogens with zero attached hydrogens (tertiary/aromatic N) is 7. The van der Waals surface area contributed by atoms with Crippen LogP contribution in [0.4, 0.5) is 19.0 Å². The van der Waals surface area contributed by atoms with Crippen LogP contribution < -0.4 is 4.90 Å². The number of hydrogen-bond donors (Lipinski definition) is 0. The van der Waals surface area contributed by atoms with Crippen molar-refractivity contribution < 1.29 is 18.0 Å². The zero-order chi connectivity index (χ0) is 23.3. The van der Waals surface area contributed by atoms with Gasteiger partial charge in [0.05, 0.1) is 30.0 Å². The van der Waals surface area contributed by atoms with E-state index in [1.165, 1.54) is 23.3 Å². The summed E-state index contributed by atoms with van der Waals surface area (Å²) in [6.45, 7) is 2.44. The molecule has 0 radical (unpaired) electrons. The van der Waals surface area contributed by atoms with E-state index in [9.17, 15) is 18.0 Å². The molecule has 0 N–H and O–H groups in total. The van der Waals surface area contributed by atoms with Crippen molar-refractivity contribution >= 4 is 11.7 Å². The van der Waals surface area contributed by atoms with E-state index in [0.717, 1.165) is 25.1 Å². The Hall–Kier alpha value is -3.50. The third-order valence-electron chi connectivity index (χ3n) is 6.49. The number of aryl methyl sites for hydroxylation is 1. The molecule has 3 aromatic rings. The van der Waals surface area contributed by atoms with Gasteiger partial charge in [-0.25, -0.2) is 9.97 Å². The van der Waals surface area contributed by atoms with E-state index < -0.39 is 11.7 Å². The maximum Gasteiger partial charge on any atom is 0.417 e. The first-order chi connectivity index (χ1) is 15.7. The Kier molecular flexibility index (Phi) is 5.06. The molecule has 172 valence electrons. The molecule has 1 aliphatic carbocycles. The fourth-order valence-electron chi connectivity index (χ4n) is 4.92. The number of piperidine rings is 1. The molecule has 11 heteroatoms. The van der Waals surface area contributed by atoms with Crippen LogP contribution in [0.3, 0.4) is 0 Å². The zero-order valence-electron chi connectivity index (χ0n) is 18.1. The maximum atomic E-state index is 13.6. The van der Waals surface area contributed by atoms with Gasteiger partial charge in [0.15, 0.2) is 5.69 Å². The van der Waals surface area contributed by atoms with Crippen molar-refractivity contribution in [2.24, 2.45) is 5.92 Å². The predicted octanol–water partition coefficient (Wildman–Crippen LogP) is 3.12. The van der Waals surface area contributed by atoms with Gasteiger partial charge in [0.25, 0.3) is 5.91 Å². The van der Waals surface area contributed by atoms with Crippen molar-refractivity contribution in [3.8, 4) is 5.69 Å². The number of halogens is 3. The molecular weight excluding hydrogens is 435 g/mol. The summed E-state index contributed by atoms with van der Waals surface area (Å²) in [5, 5.41) is 8.28. The number of carbonyl (C=O) groups is 1. The van der Waals surface area contributed by atoms with Gasteiger partial charge in [-0.05, 0) is 49.9 Å². The van der Waals surface area contributed by atoms with Gasteiger partial charge in [0.1, 0.15) is 11.5 Å². The normalized spacial score (nSPS) is 22.1. The quantitative estimate of drug-likeness (QED) is 0.599. The first-order valence-electron chi connectivity index (χ1n) is 10.6. The Bertz CT molecular complexity index is 1160. The van der Waals surface area contributed by atoms with Crippen LogP contribution in [0.15, 0.2) is 42.9 Å². The summed E-state index contributed by atoms with van der Waals surface area (Å²) >= 11 is 0. The molecule has 8 nitrogen and oxygen atoms in total. The van der Waals surface area contributed by atoms with Crippen molar-refractivity contribution in [2.45, 2.75) is 38.0 Å². The Balaban J connectivity index is 1.40.